The summed E-state index contributed by atoms with van der Waals surface area (Å²) in [7, 11) is 3.22. The van der Waals surface area contributed by atoms with Crippen molar-refractivity contribution in [1.29, 1.82) is 0 Å². The van der Waals surface area contributed by atoms with E-state index in [9.17, 15) is 4.79 Å². The molecule has 118 valence electrons. The fourth-order valence-electron chi connectivity index (χ4n) is 2.70. The van der Waals surface area contributed by atoms with Crippen molar-refractivity contribution in [3.8, 4) is 5.75 Å². The number of benzene rings is 1. The Morgan fingerprint density at radius 1 is 1.43 bits per heavy atom. The predicted molar refractivity (Wildman–Crippen MR) is 84.0 cm³/mol. The number of rotatable bonds is 5. The summed E-state index contributed by atoms with van der Waals surface area (Å²) in [6.07, 6.45) is 0.936. The molecule has 1 aromatic rings. The number of carbonyl (C=O) groups excluding carboxylic acids is 1. The van der Waals surface area contributed by atoms with Gasteiger partial charge in [-0.2, -0.15) is 0 Å². The maximum absolute atomic E-state index is 12.2. The molecule has 1 aliphatic heterocycles. The van der Waals surface area contributed by atoms with E-state index in [4.69, 9.17) is 15.2 Å². The van der Waals surface area contributed by atoms with Crippen LogP contribution in [0.3, 0.4) is 0 Å². The number of para-hydroxylation sites is 1. The van der Waals surface area contributed by atoms with Gasteiger partial charge in [0.1, 0.15) is 11.8 Å². The number of methoxy groups -OCH3 is 2. The number of ether oxygens (including phenoxy) is 2. The summed E-state index contributed by atoms with van der Waals surface area (Å²) in [5.41, 5.74) is 6.96. The zero-order valence-electron chi connectivity index (χ0n) is 12.5. The minimum Gasteiger partial charge on any atom is -0.496 e. The Hall–Kier alpha value is -1.30. The molecule has 0 aliphatic carbocycles. The predicted octanol–water partition coefficient (Wildman–Crippen LogP) is 1.41. The van der Waals surface area contributed by atoms with Crippen LogP contribution in [0.15, 0.2) is 24.3 Å². The van der Waals surface area contributed by atoms with Crippen molar-refractivity contribution in [3.05, 3.63) is 29.8 Å². The van der Waals surface area contributed by atoms with Crippen molar-refractivity contribution in [1.82, 2.24) is 4.90 Å². The third kappa shape index (κ3) is 4.09. The molecule has 1 heterocycles. The van der Waals surface area contributed by atoms with Gasteiger partial charge in [0.25, 0.3) is 0 Å². The van der Waals surface area contributed by atoms with Crippen LogP contribution in [0, 0.1) is 0 Å². The molecule has 0 radical (unpaired) electrons. The third-order valence-corrected chi connectivity index (χ3v) is 3.74. The zero-order valence-corrected chi connectivity index (χ0v) is 13.3. The maximum atomic E-state index is 12.2. The van der Waals surface area contributed by atoms with Crippen LogP contribution in [0.1, 0.15) is 17.9 Å². The maximum Gasteiger partial charge on any atom is 0.241 e. The first-order valence-electron chi connectivity index (χ1n) is 6.83. The van der Waals surface area contributed by atoms with E-state index in [0.717, 1.165) is 24.3 Å². The summed E-state index contributed by atoms with van der Waals surface area (Å²) in [5.74, 6) is 1.15. The second-order valence-electron chi connectivity index (χ2n) is 5.07. The molecule has 0 aromatic heterocycles. The average molecular weight is 315 g/mol. The van der Waals surface area contributed by atoms with Gasteiger partial charge in [0.15, 0.2) is 0 Å². The van der Waals surface area contributed by atoms with Crippen molar-refractivity contribution >= 4 is 18.3 Å². The minimum atomic E-state index is -0.573. The number of likely N-dealkylation sites (tertiary alicyclic amines) is 1. The van der Waals surface area contributed by atoms with Crippen LogP contribution in [-0.4, -0.2) is 50.8 Å². The molecule has 1 amide bonds. The highest BCUT2D eigenvalue weighted by atomic mass is 35.5. The Labute approximate surface area is 131 Å². The molecule has 0 bridgehead atoms. The minimum absolute atomic E-state index is 0. The number of halogens is 1. The van der Waals surface area contributed by atoms with Crippen molar-refractivity contribution in [2.75, 3.05) is 33.9 Å². The van der Waals surface area contributed by atoms with E-state index in [2.05, 4.69) is 6.07 Å². The van der Waals surface area contributed by atoms with Gasteiger partial charge in [-0.15, -0.1) is 12.4 Å². The van der Waals surface area contributed by atoms with Crippen LogP contribution in [0.25, 0.3) is 0 Å². The van der Waals surface area contributed by atoms with E-state index < -0.39 is 6.04 Å². The quantitative estimate of drug-likeness (QED) is 0.892. The van der Waals surface area contributed by atoms with Crippen LogP contribution < -0.4 is 10.5 Å². The third-order valence-electron chi connectivity index (χ3n) is 3.74. The lowest BCUT2D eigenvalue weighted by Crippen LogP contribution is -2.45. The molecule has 5 nitrogen and oxygen atoms in total. The van der Waals surface area contributed by atoms with Gasteiger partial charge in [0.2, 0.25) is 5.91 Å². The number of amides is 1. The zero-order chi connectivity index (χ0) is 14.5. The molecule has 1 aromatic carbocycles. The fraction of sp³-hybridized carbons (Fsp3) is 0.533. The first-order chi connectivity index (χ1) is 9.67. The molecule has 6 heteroatoms. The molecular formula is C15H23ClN2O3. The van der Waals surface area contributed by atoms with Gasteiger partial charge < -0.3 is 20.1 Å². The van der Waals surface area contributed by atoms with Crippen molar-refractivity contribution in [2.45, 2.75) is 18.4 Å². The van der Waals surface area contributed by atoms with E-state index in [-0.39, 0.29) is 24.9 Å². The molecule has 1 saturated heterocycles. The first kappa shape index (κ1) is 17.8. The molecule has 1 fully saturated rings. The molecule has 2 rings (SSSR count). The molecule has 1 aliphatic rings. The first-order valence-corrected chi connectivity index (χ1v) is 6.83. The highest BCUT2D eigenvalue weighted by Gasteiger charge is 2.31. The van der Waals surface area contributed by atoms with Gasteiger partial charge in [-0.1, -0.05) is 18.2 Å². The van der Waals surface area contributed by atoms with E-state index >= 15 is 0 Å². The smallest absolute Gasteiger partial charge is 0.241 e. The van der Waals surface area contributed by atoms with Gasteiger partial charge in [-0.05, 0) is 18.1 Å². The number of hydrogen-bond donors (Lipinski definition) is 1. The van der Waals surface area contributed by atoms with E-state index in [0.29, 0.717) is 12.5 Å². The Morgan fingerprint density at radius 3 is 2.81 bits per heavy atom. The van der Waals surface area contributed by atoms with Crippen LogP contribution in [0.5, 0.6) is 5.75 Å². The second kappa shape index (κ2) is 8.22. The molecule has 0 saturated carbocycles. The summed E-state index contributed by atoms with van der Waals surface area (Å²) in [6.45, 7) is 1.68. The Kier molecular flexibility index (Phi) is 6.95. The topological polar surface area (TPSA) is 64.8 Å². The second-order valence-corrected chi connectivity index (χ2v) is 5.07. The lowest BCUT2D eigenvalue weighted by molar-refractivity contribution is -0.132. The molecule has 0 spiro atoms. The van der Waals surface area contributed by atoms with E-state index in [1.54, 1.807) is 14.2 Å². The van der Waals surface area contributed by atoms with Gasteiger partial charge >= 0.3 is 0 Å². The van der Waals surface area contributed by atoms with Crippen molar-refractivity contribution < 1.29 is 14.3 Å². The highest BCUT2D eigenvalue weighted by molar-refractivity contribution is 5.85. The Balaban J connectivity index is 0.00000220. The lowest BCUT2D eigenvalue weighted by atomic mass is 9.97. The standard InChI is InChI=1S/C15H22N2O3.ClH/c1-19-10-13(16)15(18)17-8-7-11(9-17)12-5-3-4-6-14(12)20-2;/h3-6,11,13H,7-10,16H2,1-2H3;1H. The fourth-order valence-corrected chi connectivity index (χ4v) is 2.70. The summed E-state index contributed by atoms with van der Waals surface area (Å²) in [6, 6.07) is 7.40. The normalized spacial score (nSPS) is 19.0. The number of hydrogen-bond acceptors (Lipinski definition) is 4. The average Bonchev–Trinajstić information content (AvgIpc) is 2.96. The van der Waals surface area contributed by atoms with Crippen LogP contribution in [0.4, 0.5) is 0 Å². The molecule has 21 heavy (non-hydrogen) atoms. The highest BCUT2D eigenvalue weighted by Crippen LogP contribution is 2.33. The number of carbonyl (C=O) groups is 1. The SMILES string of the molecule is COCC(N)C(=O)N1CCC(c2ccccc2OC)C1.Cl. The largest absolute Gasteiger partial charge is 0.496 e. The molecule has 2 N–H and O–H groups in total. The molecular weight excluding hydrogens is 292 g/mol. The van der Waals surface area contributed by atoms with Crippen LogP contribution >= 0.6 is 12.4 Å². The lowest BCUT2D eigenvalue weighted by Gasteiger charge is -2.21. The summed E-state index contributed by atoms with van der Waals surface area (Å²) in [4.78, 5) is 14.0. The van der Waals surface area contributed by atoms with Crippen LogP contribution in [-0.2, 0) is 9.53 Å². The van der Waals surface area contributed by atoms with Gasteiger partial charge in [0.05, 0.1) is 13.7 Å². The van der Waals surface area contributed by atoms with Gasteiger partial charge in [-0.25, -0.2) is 0 Å². The summed E-state index contributed by atoms with van der Waals surface area (Å²) >= 11 is 0. The van der Waals surface area contributed by atoms with Crippen molar-refractivity contribution in [3.63, 3.8) is 0 Å². The molecule has 2 unspecified atom stereocenters. The van der Waals surface area contributed by atoms with E-state index in [1.807, 2.05) is 23.1 Å². The van der Waals surface area contributed by atoms with Crippen molar-refractivity contribution in [2.24, 2.45) is 5.73 Å². The van der Waals surface area contributed by atoms with Gasteiger partial charge in [0, 0.05) is 26.1 Å². The Bertz CT molecular complexity index is 470. The summed E-state index contributed by atoms with van der Waals surface area (Å²) in [5, 5.41) is 0. The monoisotopic (exact) mass is 314 g/mol. The Morgan fingerprint density at radius 2 is 2.14 bits per heavy atom. The van der Waals surface area contributed by atoms with E-state index in [1.165, 1.54) is 0 Å². The van der Waals surface area contributed by atoms with Gasteiger partial charge in [-0.3, -0.25) is 4.79 Å². The number of nitrogens with two attached hydrogens (primary N) is 1. The number of nitrogens with zero attached hydrogens (tertiary/aromatic N) is 1. The van der Waals surface area contributed by atoms with Crippen LogP contribution in [0.2, 0.25) is 0 Å². The molecule has 2 atom stereocenters. The summed E-state index contributed by atoms with van der Waals surface area (Å²) < 4.78 is 10.3.